The fraction of sp³-hybridized carbons (Fsp3) is 0.935. The number of aliphatic hydroxyl groups excluding tert-OH is 1. The summed E-state index contributed by atoms with van der Waals surface area (Å²) >= 11 is 0. The highest BCUT2D eigenvalue weighted by atomic mass is 31.2. The van der Waals surface area contributed by atoms with E-state index in [2.05, 4.69) is 34.6 Å². The van der Waals surface area contributed by atoms with Gasteiger partial charge in [0.05, 0.1) is 26.4 Å². The SMILES string of the molecule is CCCCCCCCCCCCCC(=O)OC[C@H](COP(=O)(O)OC[C@@H](O)COP(=O)(O)OC[C@@H](COC(=O)CCCCCCCCCC)OC(=O)CCCCCCCCCCCCC)OC(=O)CCCCCCCCCCC(C)C. The number of ether oxygens (including phenoxy) is 4. The number of unbranched alkanes of at least 4 members (excludes halogenated alkanes) is 34. The van der Waals surface area contributed by atoms with Gasteiger partial charge in [-0.3, -0.25) is 37.3 Å². The third kappa shape index (κ3) is 56.9. The standard InChI is InChI=1S/C62H120O17P2/c1-6-9-12-15-18-21-23-25-31-36-41-46-60(65)73-52-58(79-62(67)48-43-38-33-28-27-29-34-39-44-55(4)5)54-77-81(70,71)75-50-56(63)49-74-80(68,69)76-53-57(51-72-59(64)45-40-35-30-20-17-14-11-8-3)78-61(66)47-42-37-32-26-24-22-19-16-13-10-7-2/h55-58,63H,6-54H2,1-5H3,(H,68,69)(H,70,71)/t56-,57+,58+/m0/s1. The van der Waals surface area contributed by atoms with Crippen LogP contribution in [0.3, 0.4) is 0 Å². The Bertz CT molecular complexity index is 1580. The average molecular weight is 1200 g/mol. The van der Waals surface area contributed by atoms with Crippen LogP contribution >= 0.6 is 15.6 Å². The number of carbonyl (C=O) groups is 4. The maximum Gasteiger partial charge on any atom is 0.472 e. The van der Waals surface area contributed by atoms with Gasteiger partial charge in [-0.1, -0.05) is 259 Å². The Morgan fingerprint density at radius 2 is 0.568 bits per heavy atom. The fourth-order valence-electron chi connectivity index (χ4n) is 9.23. The molecule has 0 radical (unpaired) electrons. The summed E-state index contributed by atoms with van der Waals surface area (Å²) in [7, 11) is -9.88. The zero-order valence-corrected chi connectivity index (χ0v) is 53.7. The van der Waals surface area contributed by atoms with E-state index in [4.69, 9.17) is 37.0 Å². The van der Waals surface area contributed by atoms with Crippen LogP contribution in [-0.4, -0.2) is 96.7 Å². The van der Waals surface area contributed by atoms with Crippen LogP contribution in [0.4, 0.5) is 0 Å². The molecule has 0 rings (SSSR count). The van der Waals surface area contributed by atoms with E-state index >= 15 is 0 Å². The summed E-state index contributed by atoms with van der Waals surface area (Å²) in [5.74, 6) is -1.42. The Morgan fingerprint density at radius 3 is 0.840 bits per heavy atom. The second-order valence-electron chi connectivity index (χ2n) is 22.9. The lowest BCUT2D eigenvalue weighted by Crippen LogP contribution is -2.30. The largest absolute Gasteiger partial charge is 0.472 e. The third-order valence-corrected chi connectivity index (χ3v) is 16.2. The molecule has 0 heterocycles. The smallest absolute Gasteiger partial charge is 0.462 e. The van der Waals surface area contributed by atoms with Crippen molar-refractivity contribution < 1.29 is 80.2 Å². The summed E-state index contributed by atoms with van der Waals surface area (Å²) in [6.07, 6.45) is 38.9. The van der Waals surface area contributed by atoms with E-state index in [1.807, 2.05) is 0 Å². The van der Waals surface area contributed by atoms with Gasteiger partial charge in [-0.25, -0.2) is 9.13 Å². The van der Waals surface area contributed by atoms with E-state index in [-0.39, 0.29) is 25.7 Å². The quantitative estimate of drug-likeness (QED) is 0.0222. The second-order valence-corrected chi connectivity index (χ2v) is 25.8. The Hall–Kier alpha value is -1.94. The molecule has 81 heavy (non-hydrogen) atoms. The minimum absolute atomic E-state index is 0.105. The molecule has 3 N–H and O–H groups in total. The molecular formula is C62H120O17P2. The Labute approximate surface area is 492 Å². The molecule has 0 spiro atoms. The second kappa shape index (κ2) is 55.9. The van der Waals surface area contributed by atoms with Crippen molar-refractivity contribution in [2.24, 2.45) is 5.92 Å². The van der Waals surface area contributed by atoms with Crippen molar-refractivity contribution in [1.29, 1.82) is 0 Å². The molecule has 17 nitrogen and oxygen atoms in total. The molecule has 0 saturated carbocycles. The summed E-state index contributed by atoms with van der Waals surface area (Å²) in [6.45, 7) is 7.11. The van der Waals surface area contributed by atoms with Crippen molar-refractivity contribution >= 4 is 39.5 Å². The molecular weight excluding hydrogens is 1080 g/mol. The predicted octanol–water partition coefficient (Wildman–Crippen LogP) is 17.0. The molecule has 0 aromatic heterocycles. The predicted molar refractivity (Wildman–Crippen MR) is 322 cm³/mol. The van der Waals surface area contributed by atoms with Gasteiger partial charge in [0, 0.05) is 25.7 Å². The number of esters is 4. The van der Waals surface area contributed by atoms with Crippen molar-refractivity contribution in [2.75, 3.05) is 39.6 Å². The number of carbonyl (C=O) groups excluding carboxylic acids is 4. The van der Waals surface area contributed by atoms with E-state index in [0.717, 1.165) is 102 Å². The lowest BCUT2D eigenvalue weighted by molar-refractivity contribution is -0.161. The normalized spacial score (nSPS) is 14.3. The topological polar surface area (TPSA) is 237 Å². The van der Waals surface area contributed by atoms with Gasteiger partial charge in [0.25, 0.3) is 0 Å². The molecule has 0 aromatic carbocycles. The number of hydrogen-bond acceptors (Lipinski definition) is 15. The van der Waals surface area contributed by atoms with E-state index in [9.17, 15) is 43.2 Å². The minimum atomic E-state index is -4.94. The summed E-state index contributed by atoms with van der Waals surface area (Å²) in [5, 5.41) is 10.5. The van der Waals surface area contributed by atoms with Gasteiger partial charge in [0.2, 0.25) is 0 Å². The number of rotatable bonds is 62. The fourth-order valence-corrected chi connectivity index (χ4v) is 10.8. The monoisotopic (exact) mass is 1200 g/mol. The first-order chi connectivity index (χ1) is 39.0. The average Bonchev–Trinajstić information content (AvgIpc) is 3.43. The van der Waals surface area contributed by atoms with Crippen LogP contribution < -0.4 is 0 Å². The van der Waals surface area contributed by atoms with Crippen LogP contribution in [0.1, 0.15) is 311 Å². The zero-order valence-electron chi connectivity index (χ0n) is 51.9. The van der Waals surface area contributed by atoms with Crippen molar-refractivity contribution in [3.63, 3.8) is 0 Å². The Morgan fingerprint density at radius 1 is 0.333 bits per heavy atom. The van der Waals surface area contributed by atoms with Gasteiger partial charge >= 0.3 is 39.5 Å². The highest BCUT2D eigenvalue weighted by molar-refractivity contribution is 7.47. The summed E-state index contributed by atoms with van der Waals surface area (Å²) in [5.41, 5.74) is 0. The third-order valence-electron chi connectivity index (χ3n) is 14.3. The van der Waals surface area contributed by atoms with E-state index in [1.165, 1.54) is 128 Å². The van der Waals surface area contributed by atoms with Gasteiger partial charge in [0.1, 0.15) is 19.3 Å². The molecule has 0 aliphatic carbocycles. The van der Waals surface area contributed by atoms with Crippen LogP contribution in [-0.2, 0) is 65.4 Å². The zero-order chi connectivity index (χ0) is 59.9. The van der Waals surface area contributed by atoms with Crippen molar-refractivity contribution in [2.45, 2.75) is 329 Å². The van der Waals surface area contributed by atoms with Crippen LogP contribution in [0.2, 0.25) is 0 Å². The lowest BCUT2D eigenvalue weighted by Gasteiger charge is -2.21. The maximum atomic E-state index is 12.9. The molecule has 19 heteroatoms. The molecule has 0 fully saturated rings. The van der Waals surface area contributed by atoms with E-state index in [1.54, 1.807) is 0 Å². The Kier molecular flexibility index (Phi) is 54.6. The molecule has 0 amide bonds. The van der Waals surface area contributed by atoms with Gasteiger partial charge in [-0.05, 0) is 31.6 Å². The van der Waals surface area contributed by atoms with Crippen LogP contribution in [0.15, 0.2) is 0 Å². The van der Waals surface area contributed by atoms with Gasteiger partial charge in [0.15, 0.2) is 12.2 Å². The van der Waals surface area contributed by atoms with E-state index in [0.29, 0.717) is 25.7 Å². The van der Waals surface area contributed by atoms with Crippen LogP contribution in [0.5, 0.6) is 0 Å². The Balaban J connectivity index is 5.23. The maximum absolute atomic E-state index is 12.9. The highest BCUT2D eigenvalue weighted by Gasteiger charge is 2.30. The molecule has 0 bridgehead atoms. The molecule has 2 unspecified atom stereocenters. The summed E-state index contributed by atoms with van der Waals surface area (Å²) in [6, 6.07) is 0. The molecule has 0 aromatic rings. The molecule has 0 saturated heterocycles. The first-order valence-corrected chi connectivity index (χ1v) is 35.6. The van der Waals surface area contributed by atoms with Gasteiger partial charge < -0.3 is 33.8 Å². The molecule has 0 aliphatic rings. The van der Waals surface area contributed by atoms with Crippen molar-refractivity contribution in [3.05, 3.63) is 0 Å². The summed E-state index contributed by atoms with van der Waals surface area (Å²) < 4.78 is 67.8. The molecule has 480 valence electrons. The molecule has 0 aliphatic heterocycles. The highest BCUT2D eigenvalue weighted by Crippen LogP contribution is 2.45. The number of hydrogen-bond donors (Lipinski definition) is 3. The lowest BCUT2D eigenvalue weighted by atomic mass is 10.0. The van der Waals surface area contributed by atoms with Crippen molar-refractivity contribution in [1.82, 2.24) is 0 Å². The van der Waals surface area contributed by atoms with Gasteiger partial charge in [-0.15, -0.1) is 0 Å². The number of phosphoric acid groups is 2. The first-order valence-electron chi connectivity index (χ1n) is 32.6. The molecule has 5 atom stereocenters. The minimum Gasteiger partial charge on any atom is -0.462 e. The summed E-state index contributed by atoms with van der Waals surface area (Å²) in [4.78, 5) is 72.0. The first kappa shape index (κ1) is 79.1. The van der Waals surface area contributed by atoms with Crippen LogP contribution in [0.25, 0.3) is 0 Å². The van der Waals surface area contributed by atoms with E-state index < -0.39 is 97.5 Å². The number of aliphatic hydroxyl groups is 1. The number of phosphoric ester groups is 2. The van der Waals surface area contributed by atoms with Crippen LogP contribution in [0, 0.1) is 5.92 Å². The van der Waals surface area contributed by atoms with Gasteiger partial charge in [-0.2, -0.15) is 0 Å². The van der Waals surface area contributed by atoms with Crippen molar-refractivity contribution in [3.8, 4) is 0 Å².